The Bertz CT molecular complexity index is 858. The number of hydrogen-bond acceptors (Lipinski definition) is 5. The van der Waals surface area contributed by atoms with Crippen molar-refractivity contribution in [1.29, 1.82) is 0 Å². The van der Waals surface area contributed by atoms with E-state index in [0.717, 1.165) is 11.3 Å². The van der Waals surface area contributed by atoms with Crippen molar-refractivity contribution in [3.05, 3.63) is 66.3 Å². The van der Waals surface area contributed by atoms with Crippen molar-refractivity contribution in [1.82, 2.24) is 19.7 Å². The summed E-state index contributed by atoms with van der Waals surface area (Å²) in [4.78, 5) is 0. The zero-order chi connectivity index (χ0) is 16.3. The lowest BCUT2D eigenvalue weighted by molar-refractivity contribution is 0.413. The van der Waals surface area contributed by atoms with E-state index in [9.17, 15) is 8.42 Å². The number of nitrogens with zero attached hydrogens (tertiary/aromatic N) is 3. The van der Waals surface area contributed by atoms with E-state index in [4.69, 9.17) is 0 Å². The molecule has 1 aromatic carbocycles. The van der Waals surface area contributed by atoms with Gasteiger partial charge in [-0.2, -0.15) is 5.10 Å². The van der Waals surface area contributed by atoms with Crippen molar-refractivity contribution in [2.45, 2.75) is 18.7 Å². The second-order valence-corrected chi connectivity index (χ2v) is 6.89. The number of aromatic nitrogens is 3. The first-order chi connectivity index (χ1) is 11.0. The van der Waals surface area contributed by atoms with Gasteiger partial charge in [-0.15, -0.1) is 0 Å². The van der Waals surface area contributed by atoms with Gasteiger partial charge in [-0.05, 0) is 30.7 Å². The van der Waals surface area contributed by atoms with Crippen LogP contribution in [0.4, 0.5) is 0 Å². The summed E-state index contributed by atoms with van der Waals surface area (Å²) in [6, 6.07) is 10.5. The minimum Gasteiger partial charge on any atom is -0.364 e. The Morgan fingerprint density at radius 3 is 2.87 bits per heavy atom. The number of hydrogen-bond donors (Lipinski definition) is 1. The molecule has 0 spiro atoms. The lowest BCUT2D eigenvalue weighted by atomic mass is 10.1. The fourth-order valence-corrected chi connectivity index (χ4v) is 3.54. The van der Waals surface area contributed by atoms with Crippen LogP contribution in [-0.2, 0) is 15.8 Å². The summed E-state index contributed by atoms with van der Waals surface area (Å²) in [5.41, 5.74) is 2.09. The van der Waals surface area contributed by atoms with E-state index in [-0.39, 0.29) is 11.8 Å². The number of rotatable bonds is 6. The third-order valence-corrected chi connectivity index (χ3v) is 4.71. The van der Waals surface area contributed by atoms with Crippen molar-refractivity contribution in [2.75, 3.05) is 0 Å². The van der Waals surface area contributed by atoms with E-state index in [1.165, 1.54) is 12.3 Å². The predicted molar refractivity (Wildman–Crippen MR) is 84.2 cm³/mol. The molecule has 2 heterocycles. The third kappa shape index (κ3) is 3.85. The first-order valence-electron chi connectivity index (χ1n) is 7.03. The highest BCUT2D eigenvalue weighted by atomic mass is 32.2. The molecule has 0 amide bonds. The van der Waals surface area contributed by atoms with Gasteiger partial charge in [0.2, 0.25) is 10.0 Å². The Morgan fingerprint density at radius 1 is 1.30 bits per heavy atom. The quantitative estimate of drug-likeness (QED) is 0.746. The third-order valence-electron chi connectivity index (χ3n) is 3.32. The lowest BCUT2D eigenvalue weighted by Gasteiger charge is -2.15. The zero-order valence-corrected chi connectivity index (χ0v) is 13.3. The van der Waals surface area contributed by atoms with Crippen molar-refractivity contribution in [3.63, 3.8) is 0 Å². The molecule has 0 aliphatic rings. The van der Waals surface area contributed by atoms with Gasteiger partial charge in [0.15, 0.2) is 0 Å². The minimum atomic E-state index is -3.51. The highest BCUT2D eigenvalue weighted by Gasteiger charge is 2.18. The van der Waals surface area contributed by atoms with Crippen LogP contribution in [0, 0.1) is 0 Å². The molecule has 23 heavy (non-hydrogen) atoms. The number of nitrogens with one attached hydrogen (secondary N) is 1. The molecule has 3 rings (SSSR count). The average Bonchev–Trinajstić information content (AvgIpc) is 3.19. The van der Waals surface area contributed by atoms with Crippen LogP contribution < -0.4 is 4.72 Å². The fourth-order valence-electron chi connectivity index (χ4n) is 2.24. The van der Waals surface area contributed by atoms with E-state index in [1.807, 2.05) is 36.5 Å². The lowest BCUT2D eigenvalue weighted by Crippen LogP contribution is -2.28. The maximum atomic E-state index is 12.2. The van der Waals surface area contributed by atoms with Crippen LogP contribution in [0.15, 0.2) is 59.6 Å². The van der Waals surface area contributed by atoms with Gasteiger partial charge in [-0.1, -0.05) is 17.3 Å². The molecule has 0 fully saturated rings. The Labute approximate surface area is 134 Å². The molecule has 0 aliphatic heterocycles. The van der Waals surface area contributed by atoms with Crippen LogP contribution in [-0.4, -0.2) is 23.4 Å². The second kappa shape index (κ2) is 6.35. The zero-order valence-electron chi connectivity index (χ0n) is 12.5. The van der Waals surface area contributed by atoms with Crippen LogP contribution in [0.5, 0.6) is 0 Å². The Balaban J connectivity index is 1.75. The van der Waals surface area contributed by atoms with Crippen LogP contribution in [0.2, 0.25) is 0 Å². The van der Waals surface area contributed by atoms with Gasteiger partial charge in [0.25, 0.3) is 0 Å². The van der Waals surface area contributed by atoms with Gasteiger partial charge in [-0.25, -0.2) is 17.8 Å². The highest BCUT2D eigenvalue weighted by Crippen LogP contribution is 2.18. The van der Waals surface area contributed by atoms with Crippen LogP contribution in [0.1, 0.15) is 24.2 Å². The first kappa shape index (κ1) is 15.4. The number of sulfonamides is 1. The predicted octanol–water partition coefficient (Wildman–Crippen LogP) is 2.04. The van der Waals surface area contributed by atoms with Crippen molar-refractivity contribution < 1.29 is 12.9 Å². The summed E-state index contributed by atoms with van der Waals surface area (Å²) in [5, 5.41) is 7.79. The average molecular weight is 332 g/mol. The van der Waals surface area contributed by atoms with Gasteiger partial charge in [0.05, 0.1) is 11.4 Å². The molecule has 0 radical (unpaired) electrons. The maximum absolute atomic E-state index is 12.2. The Morgan fingerprint density at radius 2 is 2.17 bits per heavy atom. The SMILES string of the molecule is CC(NS(=O)(=O)Cc1ccon1)c1cccc(-n2cccn2)c1. The van der Waals surface area contributed by atoms with Gasteiger partial charge in [0, 0.05) is 24.5 Å². The fraction of sp³-hybridized carbons (Fsp3) is 0.200. The van der Waals surface area contributed by atoms with E-state index >= 15 is 0 Å². The molecule has 1 atom stereocenters. The Hall–Kier alpha value is -2.45. The van der Waals surface area contributed by atoms with E-state index in [1.54, 1.807) is 17.8 Å². The molecule has 1 N–H and O–H groups in total. The van der Waals surface area contributed by atoms with Crippen molar-refractivity contribution >= 4 is 10.0 Å². The van der Waals surface area contributed by atoms with Crippen LogP contribution in [0.25, 0.3) is 5.69 Å². The molecule has 3 aromatic rings. The number of benzene rings is 1. The van der Waals surface area contributed by atoms with E-state index in [2.05, 4.69) is 19.5 Å². The summed E-state index contributed by atoms with van der Waals surface area (Å²) in [6.45, 7) is 1.79. The maximum Gasteiger partial charge on any atom is 0.218 e. The molecule has 0 bridgehead atoms. The van der Waals surface area contributed by atoms with Crippen LogP contribution in [0.3, 0.4) is 0 Å². The molecular weight excluding hydrogens is 316 g/mol. The molecular formula is C15H16N4O3S. The summed E-state index contributed by atoms with van der Waals surface area (Å²) in [6.07, 6.45) is 4.87. The highest BCUT2D eigenvalue weighted by molar-refractivity contribution is 7.88. The van der Waals surface area contributed by atoms with Gasteiger partial charge >= 0.3 is 0 Å². The summed E-state index contributed by atoms with van der Waals surface area (Å²) in [5.74, 6) is -0.216. The molecule has 7 nitrogen and oxygen atoms in total. The molecule has 2 aromatic heterocycles. The Kier molecular flexibility index (Phi) is 4.26. The summed E-state index contributed by atoms with van der Waals surface area (Å²) < 4.78 is 33.4. The smallest absolute Gasteiger partial charge is 0.218 e. The van der Waals surface area contributed by atoms with Crippen molar-refractivity contribution in [2.24, 2.45) is 0 Å². The molecule has 120 valence electrons. The molecule has 0 saturated heterocycles. The monoisotopic (exact) mass is 332 g/mol. The topological polar surface area (TPSA) is 90.0 Å². The summed E-state index contributed by atoms with van der Waals surface area (Å²) >= 11 is 0. The van der Waals surface area contributed by atoms with Gasteiger partial charge in [0.1, 0.15) is 12.0 Å². The molecule has 0 saturated carbocycles. The first-order valence-corrected chi connectivity index (χ1v) is 8.68. The molecule has 1 unspecified atom stereocenters. The normalized spacial score (nSPS) is 13.1. The summed E-state index contributed by atoms with van der Waals surface area (Å²) in [7, 11) is -3.51. The van der Waals surface area contributed by atoms with E-state index < -0.39 is 10.0 Å². The standard InChI is InChI=1S/C15H16N4O3S/c1-12(18-23(20,21)11-14-6-9-22-17-14)13-4-2-5-15(10-13)19-8-3-7-16-19/h2-10,12,18H,11H2,1H3. The largest absolute Gasteiger partial charge is 0.364 e. The van der Waals surface area contributed by atoms with Crippen LogP contribution >= 0.6 is 0 Å². The molecule has 8 heteroatoms. The molecule has 0 aliphatic carbocycles. The van der Waals surface area contributed by atoms with Crippen molar-refractivity contribution in [3.8, 4) is 5.69 Å². The van der Waals surface area contributed by atoms with Gasteiger partial charge in [-0.3, -0.25) is 0 Å². The minimum absolute atomic E-state index is 0.216. The second-order valence-electron chi connectivity index (χ2n) is 5.14. The van der Waals surface area contributed by atoms with E-state index in [0.29, 0.717) is 5.69 Å². The van der Waals surface area contributed by atoms with Gasteiger partial charge < -0.3 is 4.52 Å².